The van der Waals surface area contributed by atoms with Gasteiger partial charge < -0.3 is 14.8 Å². The van der Waals surface area contributed by atoms with Crippen molar-refractivity contribution in [1.82, 2.24) is 0 Å². The molecular weight excluding hydrogens is 373 g/mol. The fraction of sp³-hybridized carbons (Fsp3) is 0.105. The average molecular weight is 386 g/mol. The molecule has 136 valence electrons. The second kappa shape index (κ2) is 9.23. The first-order valence-electron chi connectivity index (χ1n) is 7.55. The Kier molecular flexibility index (Phi) is 6.76. The molecule has 0 aliphatic carbocycles. The largest absolute Gasteiger partial charge is 0.493 e. The zero-order valence-corrected chi connectivity index (χ0v) is 14.9. The monoisotopic (exact) mass is 385 g/mol. The Hall–Kier alpha value is -3.55. The summed E-state index contributed by atoms with van der Waals surface area (Å²) in [7, 11) is 1.38. The minimum absolute atomic E-state index is 0.0421. The average Bonchev–Trinajstić information content (AvgIpc) is 2.66. The van der Waals surface area contributed by atoms with E-state index in [9.17, 15) is 14.4 Å². The van der Waals surface area contributed by atoms with Crippen LogP contribution in [0.15, 0.2) is 42.0 Å². The number of benzene rings is 2. The summed E-state index contributed by atoms with van der Waals surface area (Å²) in [6, 6.07) is 12.1. The van der Waals surface area contributed by atoms with Crippen molar-refractivity contribution in [3.05, 3.63) is 58.4 Å². The number of anilines is 1. The molecule has 1 amide bonds. The highest BCUT2D eigenvalue weighted by atomic mass is 35.5. The van der Waals surface area contributed by atoms with Crippen LogP contribution in [0.3, 0.4) is 0 Å². The molecule has 6 nitrogen and oxygen atoms in total. The number of carbonyl (C=O) groups excluding carboxylic acids is 1. The summed E-state index contributed by atoms with van der Waals surface area (Å²) in [6.45, 7) is -0.222. The first-order valence-corrected chi connectivity index (χ1v) is 7.93. The molecule has 2 rings (SSSR count). The number of carbonyl (C=O) groups is 1. The maximum Gasteiger partial charge on any atom is 0.266 e. The van der Waals surface area contributed by atoms with Gasteiger partial charge in [-0.3, -0.25) is 4.79 Å². The zero-order valence-electron chi connectivity index (χ0n) is 14.1. The fourth-order valence-electron chi connectivity index (χ4n) is 2.14. The number of para-hydroxylation sites is 1. The molecule has 8 heteroatoms. The molecule has 27 heavy (non-hydrogen) atoms. The van der Waals surface area contributed by atoms with Gasteiger partial charge >= 0.3 is 0 Å². The Morgan fingerprint density at radius 1 is 1.33 bits per heavy atom. The van der Waals surface area contributed by atoms with Crippen LogP contribution >= 0.6 is 11.6 Å². The van der Waals surface area contributed by atoms with Crippen LogP contribution in [0.5, 0.6) is 11.5 Å². The van der Waals surface area contributed by atoms with Crippen LogP contribution in [-0.2, 0) is 4.79 Å². The van der Waals surface area contributed by atoms with Gasteiger partial charge in [-0.25, -0.2) is 4.39 Å². The number of amides is 1. The molecular formula is C19H13ClFN3O3. The molecule has 0 unspecified atom stereocenters. The minimum atomic E-state index is -0.775. The highest BCUT2D eigenvalue weighted by Gasteiger charge is 2.15. The highest BCUT2D eigenvalue weighted by Crippen LogP contribution is 2.37. The molecule has 0 bridgehead atoms. The van der Waals surface area contributed by atoms with Crippen molar-refractivity contribution >= 4 is 29.3 Å². The van der Waals surface area contributed by atoms with Crippen molar-refractivity contribution in [1.29, 1.82) is 10.5 Å². The molecule has 0 saturated carbocycles. The van der Waals surface area contributed by atoms with E-state index in [1.54, 1.807) is 12.1 Å². The predicted octanol–water partition coefficient (Wildman–Crippen LogP) is 3.94. The standard InChI is InChI=1S/C19H13ClFN3O3/c1-26-17-10-12(9-14(20)18(17)27-7-6-22)8-13(11-23)19(25)24-16-5-3-2-4-15(16)21/h2-5,8-10H,7H2,1H3,(H,24,25)/b13-8-. The highest BCUT2D eigenvalue weighted by molar-refractivity contribution is 6.32. The number of nitrogens with one attached hydrogen (secondary N) is 1. The van der Waals surface area contributed by atoms with Crippen LogP contribution in [0, 0.1) is 28.5 Å². The predicted molar refractivity (Wildman–Crippen MR) is 97.7 cm³/mol. The number of hydrogen-bond donors (Lipinski definition) is 1. The molecule has 0 aromatic heterocycles. The molecule has 0 aliphatic heterocycles. The Bertz CT molecular complexity index is 977. The Balaban J connectivity index is 2.33. The lowest BCUT2D eigenvalue weighted by atomic mass is 10.1. The molecule has 0 spiro atoms. The molecule has 0 atom stereocenters. The summed E-state index contributed by atoms with van der Waals surface area (Å²) in [5, 5.41) is 20.4. The van der Waals surface area contributed by atoms with E-state index in [1.165, 1.54) is 43.5 Å². The number of nitrogens with zero attached hydrogens (tertiary/aromatic N) is 2. The van der Waals surface area contributed by atoms with Crippen molar-refractivity contribution in [2.75, 3.05) is 19.0 Å². The second-order valence-corrected chi connectivity index (χ2v) is 5.49. The van der Waals surface area contributed by atoms with E-state index in [0.717, 1.165) is 0 Å². The van der Waals surface area contributed by atoms with Gasteiger partial charge in [0.15, 0.2) is 18.1 Å². The topological polar surface area (TPSA) is 95.1 Å². The zero-order chi connectivity index (χ0) is 19.8. The Morgan fingerprint density at radius 2 is 2.07 bits per heavy atom. The van der Waals surface area contributed by atoms with Gasteiger partial charge in [0.05, 0.1) is 17.8 Å². The van der Waals surface area contributed by atoms with Crippen molar-refractivity contribution in [3.8, 4) is 23.6 Å². The fourth-order valence-corrected chi connectivity index (χ4v) is 2.41. The lowest BCUT2D eigenvalue weighted by molar-refractivity contribution is -0.112. The quantitative estimate of drug-likeness (QED) is 0.600. The number of halogens is 2. The third kappa shape index (κ3) is 4.97. The Labute approximate surface area is 160 Å². The molecule has 0 saturated heterocycles. The summed E-state index contributed by atoms with van der Waals surface area (Å²) in [5.41, 5.74) is 0.0861. The summed E-state index contributed by atoms with van der Waals surface area (Å²) in [6.07, 6.45) is 1.28. The van der Waals surface area contributed by atoms with Crippen LogP contribution in [0.1, 0.15) is 5.56 Å². The molecule has 1 N–H and O–H groups in total. The summed E-state index contributed by atoms with van der Waals surface area (Å²) in [5.74, 6) is -0.989. The third-order valence-corrected chi connectivity index (χ3v) is 3.61. The lowest BCUT2D eigenvalue weighted by Crippen LogP contribution is -2.14. The maximum atomic E-state index is 13.7. The second-order valence-electron chi connectivity index (χ2n) is 5.08. The van der Waals surface area contributed by atoms with Crippen molar-refractivity contribution in [3.63, 3.8) is 0 Å². The van der Waals surface area contributed by atoms with E-state index in [-0.39, 0.29) is 34.4 Å². The number of methoxy groups -OCH3 is 1. The molecule has 0 fully saturated rings. The maximum absolute atomic E-state index is 13.7. The van der Waals surface area contributed by atoms with E-state index < -0.39 is 11.7 Å². The number of nitriles is 2. The first kappa shape index (κ1) is 19.8. The van der Waals surface area contributed by atoms with Gasteiger partial charge in [-0.05, 0) is 35.9 Å². The van der Waals surface area contributed by atoms with Gasteiger partial charge in [-0.2, -0.15) is 10.5 Å². The first-order chi connectivity index (χ1) is 13.0. The smallest absolute Gasteiger partial charge is 0.266 e. The normalized spacial score (nSPS) is 10.5. The van der Waals surface area contributed by atoms with E-state index >= 15 is 0 Å². The molecule has 2 aromatic carbocycles. The van der Waals surface area contributed by atoms with Crippen molar-refractivity contribution in [2.45, 2.75) is 0 Å². The summed E-state index contributed by atoms with van der Waals surface area (Å²) >= 11 is 6.13. The van der Waals surface area contributed by atoms with Crippen LogP contribution in [0.4, 0.5) is 10.1 Å². The van der Waals surface area contributed by atoms with Crippen molar-refractivity contribution < 1.29 is 18.7 Å². The van der Waals surface area contributed by atoms with Gasteiger partial charge in [0.25, 0.3) is 5.91 Å². The van der Waals surface area contributed by atoms with Crippen LogP contribution in [-0.4, -0.2) is 19.6 Å². The van der Waals surface area contributed by atoms with Gasteiger partial charge in [-0.15, -0.1) is 0 Å². The summed E-state index contributed by atoms with van der Waals surface area (Å²) < 4.78 is 24.0. The Morgan fingerprint density at radius 3 is 2.70 bits per heavy atom. The van der Waals surface area contributed by atoms with Gasteiger partial charge in [0, 0.05) is 0 Å². The van der Waals surface area contributed by atoms with Gasteiger partial charge in [0.2, 0.25) is 0 Å². The number of hydrogen-bond acceptors (Lipinski definition) is 5. The minimum Gasteiger partial charge on any atom is -0.493 e. The number of ether oxygens (including phenoxy) is 2. The molecule has 0 aliphatic rings. The van der Waals surface area contributed by atoms with Crippen molar-refractivity contribution in [2.24, 2.45) is 0 Å². The van der Waals surface area contributed by atoms with Gasteiger partial charge in [0.1, 0.15) is 23.5 Å². The van der Waals surface area contributed by atoms with E-state index in [1.807, 2.05) is 6.07 Å². The SMILES string of the molecule is COc1cc(/C=C(/C#N)C(=O)Nc2ccccc2F)cc(Cl)c1OCC#N. The van der Waals surface area contributed by atoms with Crippen LogP contribution in [0.25, 0.3) is 6.08 Å². The van der Waals surface area contributed by atoms with Crippen LogP contribution < -0.4 is 14.8 Å². The van der Waals surface area contributed by atoms with E-state index in [2.05, 4.69) is 5.32 Å². The molecule has 0 radical (unpaired) electrons. The van der Waals surface area contributed by atoms with Crippen LogP contribution in [0.2, 0.25) is 5.02 Å². The van der Waals surface area contributed by atoms with E-state index in [0.29, 0.717) is 5.56 Å². The summed E-state index contributed by atoms with van der Waals surface area (Å²) in [4.78, 5) is 12.3. The molecule has 2 aromatic rings. The lowest BCUT2D eigenvalue weighted by Gasteiger charge is -2.11. The third-order valence-electron chi connectivity index (χ3n) is 3.33. The van der Waals surface area contributed by atoms with Gasteiger partial charge in [-0.1, -0.05) is 23.7 Å². The number of rotatable bonds is 6. The van der Waals surface area contributed by atoms with E-state index in [4.69, 9.17) is 26.3 Å². The molecule has 0 heterocycles.